The fourth-order valence-corrected chi connectivity index (χ4v) is 4.43. The van der Waals surface area contributed by atoms with Gasteiger partial charge in [-0.2, -0.15) is 0 Å². The monoisotopic (exact) mass is 480 g/mol. The minimum Gasteiger partial charge on any atom is -0.497 e. The molecule has 4 rings (SSSR count). The second kappa shape index (κ2) is 9.54. The van der Waals surface area contributed by atoms with Crippen molar-refractivity contribution in [2.75, 3.05) is 25.6 Å². The maximum Gasteiger partial charge on any atom is 0.320 e. The summed E-state index contributed by atoms with van der Waals surface area (Å²) in [6, 6.07) is 24.3. The van der Waals surface area contributed by atoms with Crippen LogP contribution in [0.4, 0.5) is 5.69 Å². The fraction of sp³-hybridized carbons (Fsp3) is 0.240. The molecule has 0 aliphatic carbocycles. The van der Waals surface area contributed by atoms with Crippen LogP contribution >= 0.6 is 15.9 Å². The minimum absolute atomic E-state index is 0.119. The van der Waals surface area contributed by atoms with Crippen LogP contribution in [0.5, 0.6) is 5.75 Å². The van der Waals surface area contributed by atoms with Crippen molar-refractivity contribution in [3.05, 3.63) is 94.0 Å². The molecule has 1 N–H and O–H groups in total. The van der Waals surface area contributed by atoms with Crippen LogP contribution < -0.4 is 10.1 Å². The van der Waals surface area contributed by atoms with Crippen molar-refractivity contribution in [3.8, 4) is 5.75 Å². The van der Waals surface area contributed by atoms with E-state index in [2.05, 4.69) is 50.4 Å². The van der Waals surface area contributed by atoms with Crippen molar-refractivity contribution in [2.45, 2.75) is 19.1 Å². The average Bonchev–Trinajstić information content (AvgIpc) is 2.79. The zero-order valence-electron chi connectivity index (χ0n) is 17.5. The molecule has 0 aromatic heterocycles. The number of nitrogens with zero attached hydrogens (tertiary/aromatic N) is 1. The molecule has 0 bridgehead atoms. The number of carbonyl (C=O) groups is 1. The molecule has 0 unspecified atom stereocenters. The van der Waals surface area contributed by atoms with Gasteiger partial charge in [0.15, 0.2) is 0 Å². The number of hydrogen-bond donors (Lipinski definition) is 1. The van der Waals surface area contributed by atoms with E-state index in [1.165, 1.54) is 0 Å². The van der Waals surface area contributed by atoms with Gasteiger partial charge in [0, 0.05) is 10.2 Å². The first-order chi connectivity index (χ1) is 15.1. The van der Waals surface area contributed by atoms with E-state index in [9.17, 15) is 4.79 Å². The van der Waals surface area contributed by atoms with E-state index in [-0.39, 0.29) is 24.7 Å². The summed E-state index contributed by atoms with van der Waals surface area (Å²) < 4.78 is 11.6. The lowest BCUT2D eigenvalue weighted by Crippen LogP contribution is -2.44. The maximum absolute atomic E-state index is 12.6. The molecule has 0 fully saturated rings. The summed E-state index contributed by atoms with van der Waals surface area (Å²) in [7, 11) is 1.65. The predicted molar refractivity (Wildman–Crippen MR) is 125 cm³/mol. The Morgan fingerprint density at radius 2 is 1.77 bits per heavy atom. The number of methoxy groups -OCH3 is 1. The van der Waals surface area contributed by atoms with Gasteiger partial charge in [0.25, 0.3) is 0 Å². The van der Waals surface area contributed by atoms with Gasteiger partial charge in [0.2, 0.25) is 0 Å². The molecule has 160 valence electrons. The van der Waals surface area contributed by atoms with Crippen molar-refractivity contribution in [1.82, 2.24) is 4.90 Å². The van der Waals surface area contributed by atoms with Gasteiger partial charge < -0.3 is 14.8 Å². The second-order valence-electron chi connectivity index (χ2n) is 7.34. The number of anilines is 1. The highest BCUT2D eigenvalue weighted by Gasteiger charge is 2.37. The van der Waals surface area contributed by atoms with E-state index in [1.54, 1.807) is 7.11 Å². The summed E-state index contributed by atoms with van der Waals surface area (Å²) in [6.07, 6.45) is -0.214. The number of hydrogen-bond acceptors (Lipinski definition) is 5. The molecule has 0 saturated heterocycles. The third-order valence-corrected chi connectivity index (χ3v) is 5.92. The number of rotatable bonds is 6. The molecule has 1 heterocycles. The molecular weight excluding hydrogens is 456 g/mol. The van der Waals surface area contributed by atoms with E-state index in [0.717, 1.165) is 32.6 Å². The lowest BCUT2D eigenvalue weighted by Gasteiger charge is -2.44. The van der Waals surface area contributed by atoms with Crippen LogP contribution in [-0.2, 0) is 9.53 Å². The highest BCUT2D eigenvalue weighted by atomic mass is 79.9. The second-order valence-corrected chi connectivity index (χ2v) is 8.26. The van der Waals surface area contributed by atoms with Gasteiger partial charge >= 0.3 is 5.97 Å². The summed E-state index contributed by atoms with van der Waals surface area (Å²) in [5.74, 6) is 0.544. The molecule has 0 radical (unpaired) electrons. The molecule has 0 spiro atoms. The van der Waals surface area contributed by atoms with E-state index in [4.69, 9.17) is 9.47 Å². The summed E-state index contributed by atoms with van der Waals surface area (Å²) in [5, 5.41) is 3.63. The molecule has 31 heavy (non-hydrogen) atoms. The summed E-state index contributed by atoms with van der Waals surface area (Å²) in [5.41, 5.74) is 4.30. The van der Waals surface area contributed by atoms with Gasteiger partial charge in [-0.1, -0.05) is 58.4 Å². The van der Waals surface area contributed by atoms with Gasteiger partial charge in [-0.3, -0.25) is 9.69 Å². The zero-order chi connectivity index (χ0) is 21.8. The summed E-state index contributed by atoms with van der Waals surface area (Å²) in [4.78, 5) is 14.8. The largest absolute Gasteiger partial charge is 0.497 e. The Balaban J connectivity index is 1.85. The molecule has 1 aliphatic heterocycles. The number of halogens is 1. The third kappa shape index (κ3) is 4.60. The first-order valence-corrected chi connectivity index (χ1v) is 11.1. The van der Waals surface area contributed by atoms with Crippen molar-refractivity contribution in [1.29, 1.82) is 0 Å². The van der Waals surface area contributed by atoms with Crippen molar-refractivity contribution >= 4 is 27.6 Å². The van der Waals surface area contributed by atoms with Crippen LogP contribution in [-0.4, -0.2) is 31.1 Å². The van der Waals surface area contributed by atoms with Gasteiger partial charge in [-0.25, -0.2) is 0 Å². The Hall–Kier alpha value is -2.83. The first-order valence-electron chi connectivity index (χ1n) is 10.3. The SMILES string of the molecule is CCOC(=O)CN1[C@H](c2ccccc2)c2cc(Br)ccc2N[C@H]1c1ccc(OC)cc1. The van der Waals surface area contributed by atoms with Crippen LogP contribution in [0.2, 0.25) is 0 Å². The van der Waals surface area contributed by atoms with Crippen LogP contribution in [0, 0.1) is 0 Å². The minimum atomic E-state index is -0.248. The molecular formula is C25H25BrN2O3. The lowest BCUT2D eigenvalue weighted by atomic mass is 9.91. The van der Waals surface area contributed by atoms with Crippen LogP contribution in [0.15, 0.2) is 77.3 Å². The van der Waals surface area contributed by atoms with Gasteiger partial charge in [0.05, 0.1) is 26.3 Å². The Morgan fingerprint density at radius 3 is 2.45 bits per heavy atom. The number of nitrogens with one attached hydrogen (secondary N) is 1. The molecule has 0 amide bonds. The normalized spacial score (nSPS) is 18.0. The van der Waals surface area contributed by atoms with Gasteiger partial charge in [-0.15, -0.1) is 0 Å². The predicted octanol–water partition coefficient (Wildman–Crippen LogP) is 5.54. The topological polar surface area (TPSA) is 50.8 Å². The maximum atomic E-state index is 12.6. The standard InChI is InChI=1S/C25H25BrN2O3/c1-3-31-23(29)16-28-24(17-7-5-4-6-8-17)21-15-19(26)11-14-22(21)27-25(28)18-9-12-20(30-2)13-10-18/h4-15,24-25,27H,3,16H2,1-2H3/t24-,25-/m1/s1. The molecule has 0 saturated carbocycles. The van der Waals surface area contributed by atoms with Crippen molar-refractivity contribution < 1.29 is 14.3 Å². The number of benzene rings is 3. The molecule has 2 atom stereocenters. The van der Waals surface area contributed by atoms with Gasteiger partial charge in [-0.05, 0) is 53.9 Å². The number of esters is 1. The molecule has 6 heteroatoms. The number of carbonyl (C=O) groups excluding carboxylic acids is 1. The fourth-order valence-electron chi connectivity index (χ4n) is 4.05. The summed E-state index contributed by atoms with van der Waals surface area (Å²) >= 11 is 3.61. The Morgan fingerprint density at radius 1 is 1.03 bits per heavy atom. The van der Waals surface area contributed by atoms with E-state index in [0.29, 0.717) is 6.61 Å². The van der Waals surface area contributed by atoms with Crippen LogP contribution in [0.25, 0.3) is 0 Å². The number of ether oxygens (including phenoxy) is 2. The molecule has 1 aliphatic rings. The Kier molecular flexibility index (Phi) is 6.59. The van der Waals surface area contributed by atoms with Crippen LogP contribution in [0.1, 0.15) is 35.8 Å². The summed E-state index contributed by atoms with van der Waals surface area (Å²) in [6.45, 7) is 2.34. The number of fused-ring (bicyclic) bond motifs is 1. The average molecular weight is 481 g/mol. The lowest BCUT2D eigenvalue weighted by molar-refractivity contribution is -0.145. The first kappa shape index (κ1) is 21.4. The third-order valence-electron chi connectivity index (χ3n) is 5.43. The molecule has 5 nitrogen and oxygen atoms in total. The smallest absolute Gasteiger partial charge is 0.320 e. The Bertz CT molecular complexity index is 1040. The van der Waals surface area contributed by atoms with E-state index < -0.39 is 0 Å². The van der Waals surface area contributed by atoms with Crippen LogP contribution in [0.3, 0.4) is 0 Å². The van der Waals surface area contributed by atoms with E-state index in [1.807, 2.05) is 55.5 Å². The van der Waals surface area contributed by atoms with Crippen molar-refractivity contribution in [2.24, 2.45) is 0 Å². The highest BCUT2D eigenvalue weighted by Crippen LogP contribution is 2.44. The molecule has 3 aromatic carbocycles. The molecule has 3 aromatic rings. The van der Waals surface area contributed by atoms with E-state index >= 15 is 0 Å². The van der Waals surface area contributed by atoms with Gasteiger partial charge in [0.1, 0.15) is 11.9 Å². The zero-order valence-corrected chi connectivity index (χ0v) is 19.1. The van der Waals surface area contributed by atoms with Crippen molar-refractivity contribution in [3.63, 3.8) is 0 Å². The quantitative estimate of drug-likeness (QED) is 0.469. The Labute approximate surface area is 191 Å². The highest BCUT2D eigenvalue weighted by molar-refractivity contribution is 9.10.